The zero-order valence-electron chi connectivity index (χ0n) is 11.6. The maximum atomic E-state index is 10.7. The average Bonchev–Trinajstić information content (AvgIpc) is 2.62. The molecule has 2 saturated heterocycles. The third-order valence-corrected chi connectivity index (χ3v) is 4.23. The first kappa shape index (κ1) is 13.8. The molecule has 0 aromatic heterocycles. The number of rotatable bonds is 6. The van der Waals surface area contributed by atoms with E-state index >= 15 is 0 Å². The highest BCUT2D eigenvalue weighted by Gasteiger charge is 2.43. The lowest BCUT2D eigenvalue weighted by Crippen LogP contribution is -2.41. The van der Waals surface area contributed by atoms with Crippen LogP contribution in [0.15, 0.2) is 0 Å². The van der Waals surface area contributed by atoms with Crippen LogP contribution in [0.4, 0.5) is 0 Å². The minimum atomic E-state index is -0.179. The van der Waals surface area contributed by atoms with Crippen molar-refractivity contribution in [2.45, 2.75) is 52.0 Å². The summed E-state index contributed by atoms with van der Waals surface area (Å²) in [4.78, 5) is 16.5. The SMILES string of the molecule is CCC[C@H]1CCN2OC[C@@H]1[C@@H]2CCCOC(C)=O. The molecule has 18 heavy (non-hydrogen) atoms. The lowest BCUT2D eigenvalue weighted by Gasteiger charge is -2.36. The summed E-state index contributed by atoms with van der Waals surface area (Å²) in [7, 11) is 0. The first-order valence-corrected chi connectivity index (χ1v) is 7.25. The standard InChI is InChI=1S/C14H25NO3/c1-3-5-12-7-8-15-14(13(12)10-18-15)6-4-9-17-11(2)16/h12-14H,3-10H2,1-2H3/t12-,13-,14-/m0/s1. The van der Waals surface area contributed by atoms with Gasteiger partial charge in [0.1, 0.15) is 0 Å². The van der Waals surface area contributed by atoms with E-state index in [0.29, 0.717) is 18.6 Å². The van der Waals surface area contributed by atoms with Gasteiger partial charge in [-0.25, -0.2) is 0 Å². The van der Waals surface area contributed by atoms with E-state index < -0.39 is 0 Å². The molecule has 104 valence electrons. The molecule has 0 aromatic rings. The van der Waals surface area contributed by atoms with E-state index in [1.165, 1.54) is 26.2 Å². The highest BCUT2D eigenvalue weighted by molar-refractivity contribution is 5.65. The van der Waals surface area contributed by atoms with Crippen molar-refractivity contribution >= 4 is 5.97 Å². The van der Waals surface area contributed by atoms with E-state index in [2.05, 4.69) is 12.0 Å². The van der Waals surface area contributed by atoms with Crippen LogP contribution in [0, 0.1) is 11.8 Å². The van der Waals surface area contributed by atoms with Gasteiger partial charge in [-0.3, -0.25) is 9.63 Å². The third kappa shape index (κ3) is 3.23. The third-order valence-electron chi connectivity index (χ3n) is 4.23. The van der Waals surface area contributed by atoms with Gasteiger partial charge in [0.15, 0.2) is 0 Å². The van der Waals surface area contributed by atoms with Gasteiger partial charge in [-0.05, 0) is 25.2 Å². The maximum absolute atomic E-state index is 10.7. The van der Waals surface area contributed by atoms with Crippen molar-refractivity contribution in [1.29, 1.82) is 0 Å². The molecule has 0 N–H and O–H groups in total. The van der Waals surface area contributed by atoms with Gasteiger partial charge < -0.3 is 4.74 Å². The lowest BCUT2D eigenvalue weighted by molar-refractivity contribution is -0.143. The zero-order chi connectivity index (χ0) is 13.0. The van der Waals surface area contributed by atoms with Crippen LogP contribution < -0.4 is 0 Å². The van der Waals surface area contributed by atoms with E-state index in [9.17, 15) is 4.79 Å². The quantitative estimate of drug-likeness (QED) is 0.539. The van der Waals surface area contributed by atoms with Gasteiger partial charge in [-0.15, -0.1) is 0 Å². The molecular formula is C14H25NO3. The molecule has 2 rings (SSSR count). The first-order valence-electron chi connectivity index (χ1n) is 7.25. The maximum Gasteiger partial charge on any atom is 0.302 e. The van der Waals surface area contributed by atoms with Gasteiger partial charge in [-0.1, -0.05) is 19.8 Å². The molecule has 0 aromatic carbocycles. The molecule has 1 unspecified atom stereocenters. The zero-order valence-corrected chi connectivity index (χ0v) is 11.6. The molecule has 2 bridgehead atoms. The summed E-state index contributed by atoms with van der Waals surface area (Å²) >= 11 is 0. The molecule has 4 atom stereocenters. The monoisotopic (exact) mass is 255 g/mol. The van der Waals surface area contributed by atoms with Crippen LogP contribution in [0.2, 0.25) is 0 Å². The Balaban J connectivity index is 1.78. The van der Waals surface area contributed by atoms with E-state index in [0.717, 1.165) is 31.9 Å². The van der Waals surface area contributed by atoms with Crippen molar-refractivity contribution in [2.75, 3.05) is 19.8 Å². The predicted octanol–water partition coefficient (Wildman–Crippen LogP) is 2.38. The van der Waals surface area contributed by atoms with Gasteiger partial charge in [0.2, 0.25) is 0 Å². The van der Waals surface area contributed by atoms with Crippen molar-refractivity contribution < 1.29 is 14.4 Å². The minimum absolute atomic E-state index is 0.179. The molecule has 0 amide bonds. The fourth-order valence-corrected chi connectivity index (χ4v) is 3.39. The van der Waals surface area contributed by atoms with Crippen molar-refractivity contribution in [3.05, 3.63) is 0 Å². The van der Waals surface area contributed by atoms with Crippen LogP contribution in [0.3, 0.4) is 0 Å². The second kappa shape index (κ2) is 6.53. The number of nitrogens with zero attached hydrogens (tertiary/aromatic N) is 1. The van der Waals surface area contributed by atoms with E-state index in [4.69, 9.17) is 9.57 Å². The van der Waals surface area contributed by atoms with Crippen molar-refractivity contribution in [1.82, 2.24) is 5.06 Å². The summed E-state index contributed by atoms with van der Waals surface area (Å²) in [5, 5.41) is 2.17. The molecule has 4 nitrogen and oxygen atoms in total. The molecule has 2 aliphatic rings. The second-order valence-corrected chi connectivity index (χ2v) is 5.49. The smallest absolute Gasteiger partial charge is 0.302 e. The number of esters is 1. The summed E-state index contributed by atoms with van der Waals surface area (Å²) in [6.07, 6.45) is 5.89. The highest BCUT2D eigenvalue weighted by atomic mass is 16.7. The lowest BCUT2D eigenvalue weighted by atomic mass is 9.78. The summed E-state index contributed by atoms with van der Waals surface area (Å²) in [5.41, 5.74) is 0. The second-order valence-electron chi connectivity index (χ2n) is 5.49. The van der Waals surface area contributed by atoms with Crippen molar-refractivity contribution in [2.24, 2.45) is 11.8 Å². The molecule has 0 aliphatic carbocycles. The number of hydrogen-bond donors (Lipinski definition) is 0. The summed E-state index contributed by atoms with van der Waals surface area (Å²) in [6.45, 7) is 6.24. The molecule has 0 saturated carbocycles. The normalized spacial score (nSPS) is 34.6. The Labute approximate surface area is 110 Å². The van der Waals surface area contributed by atoms with Gasteiger partial charge in [0, 0.05) is 25.4 Å². The molecule has 2 heterocycles. The number of carbonyl (C=O) groups is 1. The average molecular weight is 255 g/mol. The van der Waals surface area contributed by atoms with Gasteiger partial charge in [0.05, 0.1) is 13.2 Å². The fourth-order valence-electron chi connectivity index (χ4n) is 3.39. The number of carbonyl (C=O) groups excluding carboxylic acids is 1. The molecular weight excluding hydrogens is 230 g/mol. The Morgan fingerprint density at radius 1 is 1.44 bits per heavy atom. The molecule has 2 aliphatic heterocycles. The van der Waals surface area contributed by atoms with Crippen molar-refractivity contribution in [3.8, 4) is 0 Å². The Kier molecular flexibility index (Phi) is 5.01. The molecule has 2 fully saturated rings. The summed E-state index contributed by atoms with van der Waals surface area (Å²) in [5.74, 6) is 1.34. The number of ether oxygens (including phenoxy) is 1. The Morgan fingerprint density at radius 3 is 3.00 bits per heavy atom. The van der Waals surface area contributed by atoms with E-state index in [-0.39, 0.29) is 5.97 Å². The minimum Gasteiger partial charge on any atom is -0.466 e. The number of hydrogen-bond acceptors (Lipinski definition) is 4. The van der Waals surface area contributed by atoms with Gasteiger partial charge in [-0.2, -0.15) is 5.06 Å². The topological polar surface area (TPSA) is 38.8 Å². The van der Waals surface area contributed by atoms with Gasteiger partial charge >= 0.3 is 5.97 Å². The Hall–Kier alpha value is -0.610. The fraction of sp³-hybridized carbons (Fsp3) is 0.929. The molecule has 4 heteroatoms. The van der Waals surface area contributed by atoms with Crippen LogP contribution in [0.5, 0.6) is 0 Å². The largest absolute Gasteiger partial charge is 0.466 e. The van der Waals surface area contributed by atoms with Crippen LogP contribution in [-0.2, 0) is 14.4 Å². The van der Waals surface area contributed by atoms with Crippen LogP contribution in [0.1, 0.15) is 46.0 Å². The summed E-state index contributed by atoms with van der Waals surface area (Å²) < 4.78 is 5.00. The van der Waals surface area contributed by atoms with E-state index in [1.54, 1.807) is 0 Å². The Morgan fingerprint density at radius 2 is 2.28 bits per heavy atom. The van der Waals surface area contributed by atoms with Crippen LogP contribution in [-0.4, -0.2) is 36.8 Å². The van der Waals surface area contributed by atoms with Crippen LogP contribution >= 0.6 is 0 Å². The Bertz CT molecular complexity index is 282. The van der Waals surface area contributed by atoms with Gasteiger partial charge in [0.25, 0.3) is 0 Å². The van der Waals surface area contributed by atoms with Crippen molar-refractivity contribution in [3.63, 3.8) is 0 Å². The molecule has 0 radical (unpaired) electrons. The van der Waals surface area contributed by atoms with E-state index in [1.807, 2.05) is 0 Å². The highest BCUT2D eigenvalue weighted by Crippen LogP contribution is 2.39. The summed E-state index contributed by atoms with van der Waals surface area (Å²) in [6, 6.07) is 0.547. The number of piperidine rings is 1. The number of hydroxylamine groups is 2. The first-order chi connectivity index (χ1) is 8.72. The predicted molar refractivity (Wildman–Crippen MR) is 68.8 cm³/mol. The number of fused-ring (bicyclic) bond motifs is 2. The van der Waals surface area contributed by atoms with Crippen LogP contribution in [0.25, 0.3) is 0 Å². The molecule has 0 spiro atoms.